The van der Waals surface area contributed by atoms with Gasteiger partial charge in [0.25, 0.3) is 0 Å². The smallest absolute Gasteiger partial charge is 0.212 e. The van der Waals surface area contributed by atoms with Gasteiger partial charge in [-0.2, -0.15) is 0 Å². The second kappa shape index (κ2) is 7.51. The van der Waals surface area contributed by atoms with Crippen LogP contribution in [0.1, 0.15) is 4.88 Å². The highest BCUT2D eigenvalue weighted by molar-refractivity contribution is 8.00. The van der Waals surface area contributed by atoms with Gasteiger partial charge >= 0.3 is 0 Å². The molecule has 0 saturated carbocycles. The molecule has 1 aromatic heterocycles. The molecular weight excluding hydrogens is 348 g/mol. The topological polar surface area (TPSA) is 72.2 Å². The molecule has 0 bridgehead atoms. The van der Waals surface area contributed by atoms with Crippen LogP contribution in [0.3, 0.4) is 0 Å². The van der Waals surface area contributed by atoms with Crippen LogP contribution in [-0.4, -0.2) is 19.9 Å². The van der Waals surface area contributed by atoms with Crippen LogP contribution in [0.5, 0.6) is 0 Å². The normalized spacial score (nSPS) is 11.7. The first-order valence-electron chi connectivity index (χ1n) is 6.14. The Morgan fingerprint density at radius 1 is 1.29 bits per heavy atom. The predicted molar refractivity (Wildman–Crippen MR) is 91.5 cm³/mol. The van der Waals surface area contributed by atoms with E-state index in [2.05, 4.69) is 4.72 Å². The average Bonchev–Trinajstić information content (AvgIpc) is 2.82. The summed E-state index contributed by atoms with van der Waals surface area (Å²) in [4.78, 5) is 1.86. The summed E-state index contributed by atoms with van der Waals surface area (Å²) < 4.78 is 27.0. The molecule has 2 aromatic rings. The Morgan fingerprint density at radius 2 is 2.10 bits per heavy atom. The minimum Gasteiger partial charge on any atom is -0.399 e. The number of nitrogens with one attached hydrogen (secondary N) is 1. The lowest BCUT2D eigenvalue weighted by Crippen LogP contribution is -2.26. The van der Waals surface area contributed by atoms with E-state index in [9.17, 15) is 8.42 Å². The fourth-order valence-corrected chi connectivity index (χ4v) is 5.05. The number of nitrogen functional groups attached to an aromatic ring is 1. The summed E-state index contributed by atoms with van der Waals surface area (Å²) in [7, 11) is -3.29. The molecule has 0 aliphatic rings. The van der Waals surface area contributed by atoms with Crippen molar-refractivity contribution < 1.29 is 8.42 Å². The van der Waals surface area contributed by atoms with Gasteiger partial charge in [-0.15, -0.1) is 23.1 Å². The number of hydrogen-bond donors (Lipinski definition) is 2. The standard InChI is InChI=1S/C13H15ClN2O2S3/c14-13-5-4-12(20-13)9-16-21(17,18)7-6-19-11-3-1-2-10(15)8-11/h1-5,8,16H,6-7,9,15H2. The summed E-state index contributed by atoms with van der Waals surface area (Å²) in [6.07, 6.45) is 0. The van der Waals surface area contributed by atoms with Crippen LogP contribution < -0.4 is 10.5 Å². The minimum absolute atomic E-state index is 0.0611. The van der Waals surface area contributed by atoms with E-state index in [-0.39, 0.29) is 12.3 Å². The number of hydrogen-bond acceptors (Lipinski definition) is 5. The molecule has 114 valence electrons. The number of nitrogens with two attached hydrogens (primary N) is 1. The summed E-state index contributed by atoms with van der Waals surface area (Å²) in [6, 6.07) is 11.0. The quantitative estimate of drug-likeness (QED) is 0.586. The van der Waals surface area contributed by atoms with Crippen molar-refractivity contribution in [3.63, 3.8) is 0 Å². The number of halogens is 1. The molecule has 0 amide bonds. The first kappa shape index (κ1) is 16.6. The van der Waals surface area contributed by atoms with Gasteiger partial charge in [0.1, 0.15) is 0 Å². The maximum absolute atomic E-state index is 11.9. The van der Waals surface area contributed by atoms with Gasteiger partial charge < -0.3 is 5.73 Å². The first-order chi connectivity index (χ1) is 9.94. The highest BCUT2D eigenvalue weighted by Crippen LogP contribution is 2.22. The van der Waals surface area contributed by atoms with E-state index in [0.29, 0.717) is 15.8 Å². The fraction of sp³-hybridized carbons (Fsp3) is 0.231. The van der Waals surface area contributed by atoms with Gasteiger partial charge in [-0.05, 0) is 30.3 Å². The summed E-state index contributed by atoms with van der Waals surface area (Å²) in [5.41, 5.74) is 6.35. The third-order valence-electron chi connectivity index (χ3n) is 2.57. The molecule has 4 nitrogen and oxygen atoms in total. The van der Waals surface area contributed by atoms with Crippen molar-refractivity contribution in [3.05, 3.63) is 45.6 Å². The highest BCUT2D eigenvalue weighted by Gasteiger charge is 2.11. The van der Waals surface area contributed by atoms with Crippen molar-refractivity contribution in [3.8, 4) is 0 Å². The Morgan fingerprint density at radius 3 is 2.76 bits per heavy atom. The van der Waals surface area contributed by atoms with Gasteiger partial charge in [0.15, 0.2) is 0 Å². The van der Waals surface area contributed by atoms with E-state index >= 15 is 0 Å². The average molecular weight is 363 g/mol. The maximum atomic E-state index is 11.9. The molecule has 0 saturated heterocycles. The van der Waals surface area contributed by atoms with Gasteiger partial charge in [0.2, 0.25) is 10.0 Å². The van der Waals surface area contributed by atoms with Crippen molar-refractivity contribution in [2.75, 3.05) is 17.2 Å². The number of thioether (sulfide) groups is 1. The molecule has 0 fully saturated rings. The van der Waals surface area contributed by atoms with Crippen LogP contribution in [0, 0.1) is 0 Å². The zero-order valence-corrected chi connectivity index (χ0v) is 14.3. The van der Waals surface area contributed by atoms with E-state index < -0.39 is 10.0 Å². The first-order valence-corrected chi connectivity index (χ1v) is 9.98. The molecule has 0 atom stereocenters. The molecule has 0 spiro atoms. The number of benzene rings is 1. The number of rotatable bonds is 7. The second-order valence-electron chi connectivity index (χ2n) is 4.27. The molecule has 0 aliphatic heterocycles. The highest BCUT2D eigenvalue weighted by atomic mass is 35.5. The Balaban J connectivity index is 1.78. The van der Waals surface area contributed by atoms with Crippen molar-refractivity contribution in [2.45, 2.75) is 11.4 Å². The number of anilines is 1. The molecular formula is C13H15ClN2O2S3. The lowest BCUT2D eigenvalue weighted by molar-refractivity contribution is 0.583. The van der Waals surface area contributed by atoms with E-state index in [1.807, 2.05) is 24.3 Å². The Labute approximate surface area is 137 Å². The van der Waals surface area contributed by atoms with Crippen LogP contribution in [-0.2, 0) is 16.6 Å². The van der Waals surface area contributed by atoms with Gasteiger partial charge in [0, 0.05) is 27.8 Å². The van der Waals surface area contributed by atoms with Crippen molar-refractivity contribution in [1.29, 1.82) is 0 Å². The van der Waals surface area contributed by atoms with Crippen molar-refractivity contribution >= 4 is 50.4 Å². The lowest BCUT2D eigenvalue weighted by Gasteiger charge is -2.06. The molecule has 0 aliphatic carbocycles. The van der Waals surface area contributed by atoms with Gasteiger partial charge in [-0.25, -0.2) is 13.1 Å². The second-order valence-corrected chi connectivity index (χ2v) is 9.16. The largest absolute Gasteiger partial charge is 0.399 e. The predicted octanol–water partition coefficient (Wildman–Crippen LogP) is 3.20. The molecule has 2 rings (SSSR count). The number of thiophene rings is 1. The van der Waals surface area contributed by atoms with E-state index in [1.54, 1.807) is 12.1 Å². The molecule has 3 N–H and O–H groups in total. The van der Waals surface area contributed by atoms with Gasteiger partial charge in [0.05, 0.1) is 10.1 Å². The lowest BCUT2D eigenvalue weighted by atomic mass is 10.3. The van der Waals surface area contributed by atoms with Crippen LogP contribution in [0.15, 0.2) is 41.3 Å². The van der Waals surface area contributed by atoms with Crippen LogP contribution in [0.4, 0.5) is 5.69 Å². The summed E-state index contributed by atoms with van der Waals surface area (Å²) >= 11 is 8.64. The number of sulfonamides is 1. The van der Waals surface area contributed by atoms with Crippen LogP contribution in [0.2, 0.25) is 4.34 Å². The van der Waals surface area contributed by atoms with Crippen LogP contribution >= 0.6 is 34.7 Å². The maximum Gasteiger partial charge on any atom is 0.212 e. The summed E-state index contributed by atoms with van der Waals surface area (Å²) in [5.74, 6) is 0.537. The molecule has 1 aromatic carbocycles. The third kappa shape index (κ3) is 5.88. The Hall–Kier alpha value is -0.730. The zero-order chi connectivity index (χ0) is 15.3. The SMILES string of the molecule is Nc1cccc(SCCS(=O)(=O)NCc2ccc(Cl)s2)c1. The Bertz CT molecular complexity index is 701. The van der Waals surface area contributed by atoms with Gasteiger partial charge in [-0.3, -0.25) is 0 Å². The Kier molecular flexibility index (Phi) is 5.95. The summed E-state index contributed by atoms with van der Waals surface area (Å²) in [5, 5.41) is 0. The molecule has 8 heteroatoms. The van der Waals surface area contributed by atoms with Crippen molar-refractivity contribution in [1.82, 2.24) is 4.72 Å². The zero-order valence-electron chi connectivity index (χ0n) is 11.1. The molecule has 21 heavy (non-hydrogen) atoms. The third-order valence-corrected chi connectivity index (χ3v) is 6.38. The molecule has 0 radical (unpaired) electrons. The van der Waals surface area contributed by atoms with E-state index in [0.717, 1.165) is 9.77 Å². The van der Waals surface area contributed by atoms with Crippen LogP contribution in [0.25, 0.3) is 0 Å². The minimum atomic E-state index is -3.29. The van der Waals surface area contributed by atoms with E-state index in [4.69, 9.17) is 17.3 Å². The van der Waals surface area contributed by atoms with Crippen molar-refractivity contribution in [2.24, 2.45) is 0 Å². The summed E-state index contributed by atoms with van der Waals surface area (Å²) in [6.45, 7) is 0.280. The fourth-order valence-electron chi connectivity index (χ4n) is 1.57. The molecule has 0 unspecified atom stereocenters. The van der Waals surface area contributed by atoms with Gasteiger partial charge in [-0.1, -0.05) is 17.7 Å². The monoisotopic (exact) mass is 362 g/mol. The van der Waals surface area contributed by atoms with E-state index in [1.165, 1.54) is 23.1 Å². The molecule has 1 heterocycles.